The molecule has 0 unspecified atom stereocenters. The summed E-state index contributed by atoms with van der Waals surface area (Å²) < 4.78 is 1.80. The summed E-state index contributed by atoms with van der Waals surface area (Å²) in [5.41, 5.74) is 1.47. The van der Waals surface area contributed by atoms with E-state index in [9.17, 15) is 4.79 Å². The van der Waals surface area contributed by atoms with E-state index in [-0.39, 0.29) is 12.2 Å². The van der Waals surface area contributed by atoms with Gasteiger partial charge in [-0.15, -0.1) is 0 Å². The first-order chi connectivity index (χ1) is 6.24. The summed E-state index contributed by atoms with van der Waals surface area (Å²) in [6, 6.07) is 3.99. The van der Waals surface area contributed by atoms with Gasteiger partial charge < -0.3 is 9.67 Å². The average Bonchev–Trinajstić information content (AvgIpc) is 2.89. The molecule has 1 aliphatic carbocycles. The minimum atomic E-state index is -0.161. The van der Waals surface area contributed by atoms with Gasteiger partial charge in [-0.05, 0) is 31.9 Å². The number of aliphatic hydroxyl groups is 1. The van der Waals surface area contributed by atoms with Crippen molar-refractivity contribution in [2.75, 3.05) is 0 Å². The van der Waals surface area contributed by atoms with Crippen LogP contribution in [0.2, 0.25) is 0 Å². The van der Waals surface area contributed by atoms with E-state index >= 15 is 0 Å². The standard InChI is InChI=1S/C10H13NO2/c1-7-2-3-8(6-12)10(13)11(7)9-4-5-9/h2-3,9,12H,4-6H2,1H3. The van der Waals surface area contributed by atoms with Crippen molar-refractivity contribution in [2.24, 2.45) is 0 Å². The molecule has 0 amide bonds. The molecule has 0 atom stereocenters. The van der Waals surface area contributed by atoms with Crippen LogP contribution in [-0.2, 0) is 6.61 Å². The first-order valence-electron chi connectivity index (χ1n) is 4.56. The van der Waals surface area contributed by atoms with Crippen molar-refractivity contribution in [3.8, 4) is 0 Å². The molecule has 3 nitrogen and oxygen atoms in total. The highest BCUT2D eigenvalue weighted by Gasteiger charge is 2.26. The maximum Gasteiger partial charge on any atom is 0.256 e. The Hall–Kier alpha value is -1.09. The Morgan fingerprint density at radius 2 is 2.23 bits per heavy atom. The molecule has 0 saturated heterocycles. The lowest BCUT2D eigenvalue weighted by Crippen LogP contribution is -2.24. The number of nitrogens with zero attached hydrogens (tertiary/aromatic N) is 1. The first kappa shape index (κ1) is 8.51. The van der Waals surface area contributed by atoms with Gasteiger partial charge >= 0.3 is 0 Å². The third-order valence-electron chi connectivity index (χ3n) is 2.48. The van der Waals surface area contributed by atoms with E-state index < -0.39 is 0 Å². The summed E-state index contributed by atoms with van der Waals surface area (Å²) in [6.45, 7) is 1.77. The van der Waals surface area contributed by atoms with Crippen molar-refractivity contribution in [3.05, 3.63) is 33.7 Å². The number of rotatable bonds is 2. The fourth-order valence-electron chi connectivity index (χ4n) is 1.59. The molecule has 3 heteroatoms. The second-order valence-corrected chi connectivity index (χ2v) is 3.56. The maximum absolute atomic E-state index is 11.7. The predicted octanol–water partition coefficient (Wildman–Crippen LogP) is 0.984. The van der Waals surface area contributed by atoms with Gasteiger partial charge in [0.1, 0.15) is 0 Å². The van der Waals surface area contributed by atoms with Gasteiger partial charge in [0, 0.05) is 17.3 Å². The van der Waals surface area contributed by atoms with Gasteiger partial charge in [0.15, 0.2) is 0 Å². The summed E-state index contributed by atoms with van der Waals surface area (Å²) in [5.74, 6) is 0. The molecule has 70 valence electrons. The zero-order chi connectivity index (χ0) is 9.42. The molecule has 0 radical (unpaired) electrons. The summed E-state index contributed by atoms with van der Waals surface area (Å²) in [7, 11) is 0. The van der Waals surface area contributed by atoms with E-state index in [1.54, 1.807) is 10.6 Å². The fourth-order valence-corrected chi connectivity index (χ4v) is 1.59. The van der Waals surface area contributed by atoms with Crippen molar-refractivity contribution in [1.82, 2.24) is 4.57 Å². The monoisotopic (exact) mass is 179 g/mol. The minimum absolute atomic E-state index is 0.0231. The predicted molar refractivity (Wildman–Crippen MR) is 49.6 cm³/mol. The van der Waals surface area contributed by atoms with Crippen LogP contribution in [0.15, 0.2) is 16.9 Å². The van der Waals surface area contributed by atoms with E-state index in [0.29, 0.717) is 11.6 Å². The Labute approximate surface area is 76.6 Å². The van der Waals surface area contributed by atoms with Gasteiger partial charge in [-0.2, -0.15) is 0 Å². The van der Waals surface area contributed by atoms with Crippen LogP contribution < -0.4 is 5.56 Å². The number of aliphatic hydroxyl groups excluding tert-OH is 1. The Kier molecular flexibility index (Phi) is 1.96. The van der Waals surface area contributed by atoms with E-state index in [1.807, 2.05) is 13.0 Å². The molecule has 0 spiro atoms. The van der Waals surface area contributed by atoms with E-state index in [2.05, 4.69) is 0 Å². The zero-order valence-electron chi connectivity index (χ0n) is 7.66. The normalized spacial score (nSPS) is 16.2. The fraction of sp³-hybridized carbons (Fsp3) is 0.500. The van der Waals surface area contributed by atoms with Crippen molar-refractivity contribution in [2.45, 2.75) is 32.4 Å². The van der Waals surface area contributed by atoms with Crippen molar-refractivity contribution < 1.29 is 5.11 Å². The molecule has 2 rings (SSSR count). The molecule has 1 aliphatic rings. The van der Waals surface area contributed by atoms with Gasteiger partial charge in [0.2, 0.25) is 0 Å². The summed E-state index contributed by atoms with van der Waals surface area (Å²) in [5, 5.41) is 8.92. The highest BCUT2D eigenvalue weighted by molar-refractivity contribution is 5.16. The molecule has 1 fully saturated rings. The van der Waals surface area contributed by atoms with Gasteiger partial charge in [-0.3, -0.25) is 4.79 Å². The molecule has 0 aliphatic heterocycles. The highest BCUT2D eigenvalue weighted by atomic mass is 16.3. The van der Waals surface area contributed by atoms with Crippen LogP contribution >= 0.6 is 0 Å². The van der Waals surface area contributed by atoms with Gasteiger partial charge in [0.25, 0.3) is 5.56 Å². The van der Waals surface area contributed by atoms with Gasteiger partial charge in [-0.25, -0.2) is 0 Å². The van der Waals surface area contributed by atoms with E-state index in [1.165, 1.54) is 0 Å². The smallest absolute Gasteiger partial charge is 0.256 e. The molecular weight excluding hydrogens is 166 g/mol. The molecule has 13 heavy (non-hydrogen) atoms. The second kappa shape index (κ2) is 3.00. The molecule has 1 saturated carbocycles. The lowest BCUT2D eigenvalue weighted by molar-refractivity contribution is 0.279. The summed E-state index contributed by atoms with van der Waals surface area (Å²) in [4.78, 5) is 11.7. The van der Waals surface area contributed by atoms with Crippen molar-refractivity contribution in [3.63, 3.8) is 0 Å². The van der Waals surface area contributed by atoms with Crippen LogP contribution in [0.25, 0.3) is 0 Å². The maximum atomic E-state index is 11.7. The second-order valence-electron chi connectivity index (χ2n) is 3.56. The SMILES string of the molecule is Cc1ccc(CO)c(=O)n1C1CC1. The average molecular weight is 179 g/mol. The number of hydrogen-bond donors (Lipinski definition) is 1. The zero-order valence-corrected chi connectivity index (χ0v) is 7.66. The molecule has 1 aromatic heterocycles. The van der Waals surface area contributed by atoms with Crippen molar-refractivity contribution in [1.29, 1.82) is 0 Å². The van der Waals surface area contributed by atoms with Gasteiger partial charge in [-0.1, -0.05) is 0 Å². The third-order valence-corrected chi connectivity index (χ3v) is 2.48. The number of aromatic nitrogens is 1. The van der Waals surface area contributed by atoms with E-state index in [0.717, 1.165) is 18.5 Å². The Bertz CT molecular complexity index is 377. The number of hydrogen-bond acceptors (Lipinski definition) is 2. The lowest BCUT2D eigenvalue weighted by Gasteiger charge is -2.09. The van der Waals surface area contributed by atoms with E-state index in [4.69, 9.17) is 5.11 Å². The van der Waals surface area contributed by atoms with Crippen LogP contribution in [0, 0.1) is 6.92 Å². The molecule has 0 bridgehead atoms. The van der Waals surface area contributed by atoms with Crippen LogP contribution in [0.5, 0.6) is 0 Å². The summed E-state index contributed by atoms with van der Waals surface area (Å²) >= 11 is 0. The topological polar surface area (TPSA) is 42.2 Å². The van der Waals surface area contributed by atoms with Crippen LogP contribution in [-0.4, -0.2) is 9.67 Å². The lowest BCUT2D eigenvalue weighted by atomic mass is 10.2. The quantitative estimate of drug-likeness (QED) is 0.735. The van der Waals surface area contributed by atoms with Crippen LogP contribution in [0.1, 0.15) is 30.1 Å². The highest BCUT2D eigenvalue weighted by Crippen LogP contribution is 2.34. The third kappa shape index (κ3) is 1.40. The number of pyridine rings is 1. The molecule has 1 aromatic rings. The Balaban J connectivity index is 2.57. The largest absolute Gasteiger partial charge is 0.391 e. The first-order valence-corrected chi connectivity index (χ1v) is 4.56. The minimum Gasteiger partial charge on any atom is -0.391 e. The molecular formula is C10H13NO2. The van der Waals surface area contributed by atoms with Gasteiger partial charge in [0.05, 0.1) is 6.61 Å². The Morgan fingerprint density at radius 1 is 1.54 bits per heavy atom. The van der Waals surface area contributed by atoms with Crippen LogP contribution in [0.4, 0.5) is 0 Å². The Morgan fingerprint density at radius 3 is 2.77 bits per heavy atom. The number of aryl methyl sites for hydroxylation is 1. The molecule has 1 N–H and O–H groups in total. The van der Waals surface area contributed by atoms with Crippen LogP contribution in [0.3, 0.4) is 0 Å². The molecule has 1 heterocycles. The molecule has 0 aromatic carbocycles. The summed E-state index contributed by atoms with van der Waals surface area (Å²) in [6.07, 6.45) is 2.19. The van der Waals surface area contributed by atoms with Crippen molar-refractivity contribution >= 4 is 0 Å².